The van der Waals surface area contributed by atoms with Gasteiger partial charge in [0.05, 0.1) is 0 Å². The first-order chi connectivity index (χ1) is 12.2. The van der Waals surface area contributed by atoms with E-state index in [-0.39, 0.29) is 31.3 Å². The average molecular weight is 339 g/mol. The molecule has 0 heterocycles. The molecule has 0 N–H and O–H groups in total. The number of carbonyl (C=O) groups is 1. The van der Waals surface area contributed by atoms with E-state index in [1.807, 2.05) is 37.3 Å². The van der Waals surface area contributed by atoms with Crippen molar-refractivity contribution in [3.8, 4) is 17.9 Å². The van der Waals surface area contributed by atoms with Gasteiger partial charge in [-0.05, 0) is 36.9 Å². The molecule has 1 aromatic carbocycles. The van der Waals surface area contributed by atoms with Gasteiger partial charge >= 0.3 is 5.97 Å². The van der Waals surface area contributed by atoms with Crippen molar-refractivity contribution in [2.24, 2.45) is 0 Å². The van der Waals surface area contributed by atoms with E-state index in [0.29, 0.717) is 6.54 Å². The van der Waals surface area contributed by atoms with Gasteiger partial charge in [-0.3, -0.25) is 4.79 Å². The Bertz CT molecular complexity index is 653. The van der Waals surface area contributed by atoms with Crippen molar-refractivity contribution in [3.63, 3.8) is 0 Å². The zero-order valence-electron chi connectivity index (χ0n) is 14.2. The molecule has 0 bridgehead atoms. The summed E-state index contributed by atoms with van der Waals surface area (Å²) in [6.45, 7) is 3.21. The number of ether oxygens (including phenoxy) is 2. The van der Waals surface area contributed by atoms with E-state index in [4.69, 9.17) is 20.0 Å². The summed E-state index contributed by atoms with van der Waals surface area (Å²) in [6, 6.07) is 12.8. The molecule has 0 aromatic heterocycles. The Balaban J connectivity index is 2.38. The summed E-state index contributed by atoms with van der Waals surface area (Å²) in [5, 5.41) is 17.3. The zero-order chi connectivity index (χ0) is 18.3. The molecular formula is C19H21N3O3. The number of carbonyl (C=O) groups excluding carboxylic acids is 1. The van der Waals surface area contributed by atoms with Gasteiger partial charge in [-0.25, -0.2) is 0 Å². The Kier molecular flexibility index (Phi) is 9.67. The fourth-order valence-corrected chi connectivity index (χ4v) is 1.90. The van der Waals surface area contributed by atoms with Crippen LogP contribution in [0.4, 0.5) is 0 Å². The molecule has 0 aliphatic rings. The van der Waals surface area contributed by atoms with Crippen molar-refractivity contribution < 1.29 is 14.3 Å². The number of rotatable bonds is 10. The maximum atomic E-state index is 11.9. The van der Waals surface area contributed by atoms with Gasteiger partial charge < -0.3 is 14.4 Å². The molecule has 1 aromatic rings. The highest BCUT2D eigenvalue weighted by atomic mass is 16.6. The molecule has 0 amide bonds. The van der Waals surface area contributed by atoms with Crippen molar-refractivity contribution in [2.45, 2.75) is 13.3 Å². The number of nitrogens with zero attached hydrogens (tertiary/aromatic N) is 3. The lowest BCUT2D eigenvalue weighted by Crippen LogP contribution is -2.28. The van der Waals surface area contributed by atoms with Crippen molar-refractivity contribution >= 4 is 5.97 Å². The van der Waals surface area contributed by atoms with Gasteiger partial charge in [-0.15, -0.1) is 0 Å². The van der Waals surface area contributed by atoms with Crippen molar-refractivity contribution in [1.29, 1.82) is 10.5 Å². The highest BCUT2D eigenvalue weighted by molar-refractivity contribution is 5.71. The van der Waals surface area contributed by atoms with Crippen molar-refractivity contribution in [2.75, 3.05) is 26.3 Å². The highest BCUT2D eigenvalue weighted by Crippen LogP contribution is 2.07. The van der Waals surface area contributed by atoms with E-state index in [0.717, 1.165) is 12.2 Å². The minimum atomic E-state index is -0.362. The van der Waals surface area contributed by atoms with Crippen LogP contribution in [0.3, 0.4) is 0 Å². The fourth-order valence-electron chi connectivity index (χ4n) is 1.90. The highest BCUT2D eigenvalue weighted by Gasteiger charge is 2.07. The van der Waals surface area contributed by atoms with E-state index in [2.05, 4.69) is 0 Å². The third kappa shape index (κ3) is 8.83. The molecule has 0 spiro atoms. The predicted octanol–water partition coefficient (Wildman–Crippen LogP) is 2.81. The van der Waals surface area contributed by atoms with Gasteiger partial charge in [-0.2, -0.15) is 10.5 Å². The van der Waals surface area contributed by atoms with E-state index in [1.165, 1.54) is 6.08 Å². The van der Waals surface area contributed by atoms with Crippen LogP contribution in [0.2, 0.25) is 0 Å². The van der Waals surface area contributed by atoms with Crippen LogP contribution in [0.5, 0.6) is 5.75 Å². The predicted molar refractivity (Wildman–Crippen MR) is 93.2 cm³/mol. The summed E-state index contributed by atoms with van der Waals surface area (Å²) >= 11 is 0. The maximum Gasteiger partial charge on any atom is 0.325 e. The second kappa shape index (κ2) is 12.2. The Morgan fingerprint density at radius 1 is 1.20 bits per heavy atom. The molecule has 0 aliphatic heterocycles. The van der Waals surface area contributed by atoms with Crippen molar-refractivity contribution in [1.82, 2.24) is 4.90 Å². The molecule has 0 unspecified atom stereocenters. The first kappa shape index (κ1) is 19.8. The smallest absolute Gasteiger partial charge is 0.325 e. The normalized spacial score (nSPS) is 9.72. The van der Waals surface area contributed by atoms with Crippen LogP contribution in [0, 0.1) is 22.7 Å². The monoisotopic (exact) mass is 339 g/mol. The van der Waals surface area contributed by atoms with Gasteiger partial charge in [0.1, 0.15) is 43.2 Å². The van der Waals surface area contributed by atoms with E-state index in [9.17, 15) is 4.79 Å². The third-order valence-electron chi connectivity index (χ3n) is 3.00. The molecule has 130 valence electrons. The minimum Gasteiger partial charge on any atom is -0.490 e. The Labute approximate surface area is 148 Å². The van der Waals surface area contributed by atoms with E-state index < -0.39 is 0 Å². The summed E-state index contributed by atoms with van der Waals surface area (Å²) in [6.07, 6.45) is 5.49. The van der Waals surface area contributed by atoms with Crippen molar-refractivity contribution in [3.05, 3.63) is 54.3 Å². The summed E-state index contributed by atoms with van der Waals surface area (Å²) in [5.74, 6) is 0.367. The molecule has 0 radical (unpaired) electrons. The van der Waals surface area contributed by atoms with Crippen LogP contribution in [-0.2, 0) is 9.53 Å². The largest absolute Gasteiger partial charge is 0.490 e. The van der Waals surface area contributed by atoms with Crippen LogP contribution in [0.25, 0.3) is 0 Å². The molecule has 6 nitrogen and oxygen atoms in total. The number of hydrogen-bond donors (Lipinski definition) is 0. The van der Waals surface area contributed by atoms with Crippen LogP contribution in [0.15, 0.2) is 54.3 Å². The first-order valence-corrected chi connectivity index (χ1v) is 7.95. The molecule has 0 fully saturated rings. The molecule has 0 saturated heterocycles. The molecular weight excluding hydrogens is 318 g/mol. The van der Waals surface area contributed by atoms with Gasteiger partial charge in [-0.1, -0.05) is 25.1 Å². The van der Waals surface area contributed by atoms with Gasteiger partial charge in [0.15, 0.2) is 0 Å². The Morgan fingerprint density at radius 2 is 1.92 bits per heavy atom. The summed E-state index contributed by atoms with van der Waals surface area (Å²) in [5.41, 5.74) is 0.00772. The zero-order valence-corrected chi connectivity index (χ0v) is 14.2. The molecule has 0 aliphatic carbocycles. The van der Waals surface area contributed by atoms with Gasteiger partial charge in [0.25, 0.3) is 0 Å². The van der Waals surface area contributed by atoms with E-state index in [1.54, 1.807) is 29.3 Å². The topological polar surface area (TPSA) is 86.4 Å². The number of nitriles is 2. The summed E-state index contributed by atoms with van der Waals surface area (Å²) in [7, 11) is 0. The number of hydrogen-bond acceptors (Lipinski definition) is 6. The molecule has 6 heteroatoms. The Morgan fingerprint density at radius 3 is 2.56 bits per heavy atom. The maximum absolute atomic E-state index is 11.9. The van der Waals surface area contributed by atoms with Crippen LogP contribution >= 0.6 is 0 Å². The van der Waals surface area contributed by atoms with E-state index >= 15 is 0 Å². The summed E-state index contributed by atoms with van der Waals surface area (Å²) < 4.78 is 10.6. The number of allylic oxidation sites excluding steroid dienone is 3. The van der Waals surface area contributed by atoms with Gasteiger partial charge in [0.2, 0.25) is 0 Å². The lowest BCUT2D eigenvalue weighted by molar-refractivity contribution is -0.145. The number of esters is 1. The molecule has 1 rings (SSSR count). The lowest BCUT2D eigenvalue weighted by Gasteiger charge is -2.18. The quantitative estimate of drug-likeness (QED) is 0.282. The fraction of sp³-hybridized carbons (Fsp3) is 0.316. The number of benzene rings is 1. The second-order valence-electron chi connectivity index (χ2n) is 5.00. The SMILES string of the molecule is CCCN(C=CC=C(C#N)C#N)CC(=O)OCCOc1ccccc1. The Hall–Kier alpha value is -3.25. The standard InChI is InChI=1S/C19H21N3O3/c1-2-10-22(11-6-7-17(14-20)15-21)16-19(23)25-13-12-24-18-8-4-3-5-9-18/h3-9,11H,2,10,12-13,16H2,1H3. The first-order valence-electron chi connectivity index (χ1n) is 7.95. The number of para-hydroxylation sites is 1. The third-order valence-corrected chi connectivity index (χ3v) is 3.00. The van der Waals surface area contributed by atoms with Crippen LogP contribution in [0.1, 0.15) is 13.3 Å². The van der Waals surface area contributed by atoms with Crippen LogP contribution in [-0.4, -0.2) is 37.2 Å². The lowest BCUT2D eigenvalue weighted by atomic mass is 10.3. The average Bonchev–Trinajstić information content (AvgIpc) is 2.63. The minimum absolute atomic E-state index is 0.00772. The molecule has 25 heavy (non-hydrogen) atoms. The molecule has 0 atom stereocenters. The second-order valence-corrected chi connectivity index (χ2v) is 5.00. The summed E-state index contributed by atoms with van der Waals surface area (Å²) in [4.78, 5) is 13.6. The van der Waals surface area contributed by atoms with Crippen LogP contribution < -0.4 is 4.74 Å². The van der Waals surface area contributed by atoms with Gasteiger partial charge in [0, 0.05) is 6.54 Å². The molecule has 0 saturated carbocycles.